The Kier molecular flexibility index (Phi) is 4.43. The first-order valence-electron chi connectivity index (χ1n) is 8.06. The second kappa shape index (κ2) is 6.50. The summed E-state index contributed by atoms with van der Waals surface area (Å²) in [6.07, 6.45) is 7.11. The lowest BCUT2D eigenvalue weighted by Gasteiger charge is -2.37. The van der Waals surface area contributed by atoms with Crippen LogP contribution in [0.2, 0.25) is 0 Å². The number of rotatable bonds is 4. The van der Waals surface area contributed by atoms with Crippen LogP contribution in [0.15, 0.2) is 36.9 Å². The molecule has 1 aromatic heterocycles. The van der Waals surface area contributed by atoms with Crippen LogP contribution in [0.3, 0.4) is 0 Å². The van der Waals surface area contributed by atoms with Gasteiger partial charge in [0.25, 0.3) is 0 Å². The Balaban J connectivity index is 1.68. The lowest BCUT2D eigenvalue weighted by atomic mass is 9.74. The minimum atomic E-state index is -0.416. The molecule has 0 saturated heterocycles. The highest BCUT2D eigenvalue weighted by molar-refractivity contribution is 5.93. The van der Waals surface area contributed by atoms with E-state index in [0.717, 1.165) is 36.9 Å². The smallest absolute Gasteiger partial charge is 0.229 e. The van der Waals surface area contributed by atoms with E-state index in [9.17, 15) is 4.79 Å². The van der Waals surface area contributed by atoms with E-state index in [4.69, 9.17) is 5.73 Å². The van der Waals surface area contributed by atoms with Gasteiger partial charge in [0.05, 0.1) is 12.5 Å². The lowest BCUT2D eigenvalue weighted by Crippen LogP contribution is -2.51. The maximum absolute atomic E-state index is 12.6. The maximum Gasteiger partial charge on any atom is 0.229 e. The molecule has 6 heteroatoms. The van der Waals surface area contributed by atoms with Gasteiger partial charge >= 0.3 is 0 Å². The Labute approximate surface area is 136 Å². The molecule has 6 nitrogen and oxygen atoms in total. The average Bonchev–Trinajstić information content (AvgIpc) is 3.00. The normalized spacial score (nSPS) is 24.3. The van der Waals surface area contributed by atoms with Gasteiger partial charge in [-0.05, 0) is 37.5 Å². The number of nitrogens with two attached hydrogens (primary N) is 1. The first-order chi connectivity index (χ1) is 11.0. The molecule has 2 atom stereocenters. The van der Waals surface area contributed by atoms with Gasteiger partial charge in [0.2, 0.25) is 5.91 Å². The monoisotopic (exact) mass is 313 g/mol. The molecule has 122 valence electrons. The highest BCUT2D eigenvalue weighted by Gasteiger charge is 2.37. The summed E-state index contributed by atoms with van der Waals surface area (Å²) in [5, 5.41) is 7.12. The highest BCUT2D eigenvalue weighted by atomic mass is 16.1. The average molecular weight is 313 g/mol. The van der Waals surface area contributed by atoms with Gasteiger partial charge in [-0.3, -0.25) is 4.79 Å². The lowest BCUT2D eigenvalue weighted by molar-refractivity contribution is -0.122. The molecule has 1 amide bonds. The van der Waals surface area contributed by atoms with Crippen molar-refractivity contribution >= 4 is 11.6 Å². The summed E-state index contributed by atoms with van der Waals surface area (Å²) in [6, 6.07) is 7.81. The predicted molar refractivity (Wildman–Crippen MR) is 88.7 cm³/mol. The fourth-order valence-corrected chi connectivity index (χ4v) is 3.27. The van der Waals surface area contributed by atoms with Crippen molar-refractivity contribution in [2.24, 2.45) is 11.7 Å². The molecule has 0 bridgehead atoms. The number of aromatic nitrogens is 3. The third kappa shape index (κ3) is 3.76. The highest BCUT2D eigenvalue weighted by Crippen LogP contribution is 2.32. The number of carbonyl (C=O) groups is 1. The zero-order chi connectivity index (χ0) is 16.3. The molecular formula is C17H23N5O. The first-order valence-corrected chi connectivity index (χ1v) is 8.06. The topological polar surface area (TPSA) is 85.8 Å². The third-order valence-corrected chi connectivity index (χ3v) is 4.58. The van der Waals surface area contributed by atoms with E-state index in [1.54, 1.807) is 11.0 Å². The van der Waals surface area contributed by atoms with Crippen LogP contribution < -0.4 is 11.1 Å². The van der Waals surface area contributed by atoms with Gasteiger partial charge in [-0.1, -0.05) is 25.0 Å². The van der Waals surface area contributed by atoms with Crippen molar-refractivity contribution in [1.29, 1.82) is 0 Å². The number of nitrogens with one attached hydrogen (secondary N) is 1. The molecule has 0 radical (unpaired) electrons. The van der Waals surface area contributed by atoms with Crippen LogP contribution in [0, 0.1) is 5.92 Å². The number of anilines is 1. The summed E-state index contributed by atoms with van der Waals surface area (Å²) in [6.45, 7) is 2.61. The van der Waals surface area contributed by atoms with E-state index in [1.165, 1.54) is 6.33 Å². The molecule has 2 unspecified atom stereocenters. The second-order valence-electron chi connectivity index (χ2n) is 6.59. The van der Waals surface area contributed by atoms with Gasteiger partial charge in [-0.25, -0.2) is 9.67 Å². The van der Waals surface area contributed by atoms with Gasteiger partial charge in [0.1, 0.15) is 12.7 Å². The minimum Gasteiger partial charge on any atom is -0.326 e. The van der Waals surface area contributed by atoms with Gasteiger partial charge in [-0.15, -0.1) is 0 Å². The first kappa shape index (κ1) is 15.7. The van der Waals surface area contributed by atoms with Gasteiger partial charge < -0.3 is 11.1 Å². The summed E-state index contributed by atoms with van der Waals surface area (Å²) in [5.41, 5.74) is 7.76. The van der Waals surface area contributed by atoms with Crippen molar-refractivity contribution in [3.63, 3.8) is 0 Å². The van der Waals surface area contributed by atoms with E-state index in [1.807, 2.05) is 31.2 Å². The van der Waals surface area contributed by atoms with Crippen molar-refractivity contribution in [2.45, 2.75) is 44.7 Å². The Morgan fingerprint density at radius 3 is 3.09 bits per heavy atom. The molecule has 2 aromatic rings. The van der Waals surface area contributed by atoms with E-state index in [-0.39, 0.29) is 11.8 Å². The fraction of sp³-hybridized carbons (Fsp3) is 0.471. The van der Waals surface area contributed by atoms with Crippen LogP contribution in [0.25, 0.3) is 0 Å². The van der Waals surface area contributed by atoms with Gasteiger partial charge in [-0.2, -0.15) is 5.10 Å². The SMILES string of the molecule is CC1(N)CCCCC1C(=O)Nc1cccc(Cn2cncn2)c1. The molecule has 3 rings (SSSR count). The molecule has 1 fully saturated rings. The van der Waals surface area contributed by atoms with Crippen LogP contribution in [0.1, 0.15) is 38.2 Å². The Morgan fingerprint density at radius 2 is 2.35 bits per heavy atom. The zero-order valence-electron chi connectivity index (χ0n) is 13.4. The van der Waals surface area contributed by atoms with Crippen molar-refractivity contribution in [3.8, 4) is 0 Å². The molecule has 0 aliphatic heterocycles. The molecular weight excluding hydrogens is 290 g/mol. The maximum atomic E-state index is 12.6. The van der Waals surface area contributed by atoms with Crippen molar-refractivity contribution in [3.05, 3.63) is 42.5 Å². The minimum absolute atomic E-state index is 0.0209. The molecule has 1 saturated carbocycles. The van der Waals surface area contributed by atoms with Crippen molar-refractivity contribution < 1.29 is 4.79 Å². The number of amides is 1. The zero-order valence-corrected chi connectivity index (χ0v) is 13.4. The summed E-state index contributed by atoms with van der Waals surface area (Å²) < 4.78 is 1.75. The Hall–Kier alpha value is -2.21. The van der Waals surface area contributed by atoms with Crippen LogP contribution in [0.5, 0.6) is 0 Å². The fourth-order valence-electron chi connectivity index (χ4n) is 3.27. The van der Waals surface area contributed by atoms with E-state index < -0.39 is 5.54 Å². The molecule has 1 aliphatic carbocycles. The summed E-state index contributed by atoms with van der Waals surface area (Å²) in [7, 11) is 0. The van der Waals surface area contributed by atoms with Crippen molar-refractivity contribution in [1.82, 2.24) is 14.8 Å². The summed E-state index contributed by atoms with van der Waals surface area (Å²) in [4.78, 5) is 16.5. The Morgan fingerprint density at radius 1 is 1.48 bits per heavy atom. The van der Waals surface area contributed by atoms with Gasteiger partial charge in [0, 0.05) is 11.2 Å². The number of carbonyl (C=O) groups excluding carboxylic acids is 1. The summed E-state index contributed by atoms with van der Waals surface area (Å²) >= 11 is 0. The predicted octanol–water partition coefficient (Wildman–Crippen LogP) is 2.17. The largest absolute Gasteiger partial charge is 0.326 e. The molecule has 1 heterocycles. The standard InChI is InChI=1S/C17H23N5O/c1-17(18)8-3-2-7-15(17)16(23)21-14-6-4-5-13(9-14)10-22-12-19-11-20-22/h4-6,9,11-12,15H,2-3,7-8,10,18H2,1H3,(H,21,23). The van der Waals surface area contributed by atoms with Crippen LogP contribution >= 0.6 is 0 Å². The molecule has 3 N–H and O–H groups in total. The van der Waals surface area contributed by atoms with E-state index in [2.05, 4.69) is 15.4 Å². The summed E-state index contributed by atoms with van der Waals surface area (Å²) in [5.74, 6) is -0.108. The second-order valence-corrected chi connectivity index (χ2v) is 6.59. The quantitative estimate of drug-likeness (QED) is 0.906. The third-order valence-electron chi connectivity index (χ3n) is 4.58. The van der Waals surface area contributed by atoms with Crippen LogP contribution in [-0.2, 0) is 11.3 Å². The number of hydrogen-bond donors (Lipinski definition) is 2. The van der Waals surface area contributed by atoms with E-state index >= 15 is 0 Å². The van der Waals surface area contributed by atoms with Crippen molar-refractivity contribution in [2.75, 3.05) is 5.32 Å². The number of hydrogen-bond acceptors (Lipinski definition) is 4. The molecule has 1 aliphatic rings. The molecule has 0 spiro atoms. The van der Waals surface area contributed by atoms with Crippen LogP contribution in [0.4, 0.5) is 5.69 Å². The molecule has 23 heavy (non-hydrogen) atoms. The van der Waals surface area contributed by atoms with E-state index in [0.29, 0.717) is 6.54 Å². The Bertz CT molecular complexity index is 665. The van der Waals surface area contributed by atoms with Crippen LogP contribution in [-0.4, -0.2) is 26.2 Å². The number of nitrogens with zero attached hydrogens (tertiary/aromatic N) is 3. The molecule has 1 aromatic carbocycles. The number of benzene rings is 1. The van der Waals surface area contributed by atoms with Gasteiger partial charge in [0.15, 0.2) is 0 Å².